The van der Waals surface area contributed by atoms with Crippen LogP contribution in [0.2, 0.25) is 5.02 Å². The highest BCUT2D eigenvalue weighted by Gasteiger charge is 2.12. The lowest BCUT2D eigenvalue weighted by Crippen LogP contribution is -2.29. The zero-order chi connectivity index (χ0) is 15.4. The Morgan fingerprint density at radius 2 is 2.14 bits per heavy atom. The number of nitrogens with one attached hydrogen (secondary N) is 1. The standard InChI is InChI=1S/C15H17ClN2O2S/c1-3-10-6-12(4-5-13(10)16)20-8-11-7-14(15(19)18-17)21-9(11)2/h4-7H,3,8,17H2,1-2H3,(H,18,19). The number of hydrazine groups is 1. The minimum absolute atomic E-state index is 0.283. The summed E-state index contributed by atoms with van der Waals surface area (Å²) < 4.78 is 5.78. The number of benzene rings is 1. The monoisotopic (exact) mass is 324 g/mol. The van der Waals surface area contributed by atoms with Crippen LogP contribution >= 0.6 is 22.9 Å². The van der Waals surface area contributed by atoms with Crippen molar-refractivity contribution in [3.05, 3.63) is 50.2 Å². The van der Waals surface area contributed by atoms with Gasteiger partial charge in [0.25, 0.3) is 5.91 Å². The molecule has 0 unspecified atom stereocenters. The summed E-state index contributed by atoms with van der Waals surface area (Å²) in [5.74, 6) is 5.62. The molecule has 0 saturated carbocycles. The molecular formula is C15H17ClN2O2S. The van der Waals surface area contributed by atoms with Gasteiger partial charge in [0, 0.05) is 15.5 Å². The van der Waals surface area contributed by atoms with Crippen LogP contribution in [0.1, 0.15) is 32.6 Å². The van der Waals surface area contributed by atoms with Crippen LogP contribution in [0, 0.1) is 6.92 Å². The second kappa shape index (κ2) is 6.93. The van der Waals surface area contributed by atoms with Gasteiger partial charge in [0.15, 0.2) is 0 Å². The molecule has 6 heteroatoms. The fourth-order valence-electron chi connectivity index (χ4n) is 1.92. The van der Waals surface area contributed by atoms with Gasteiger partial charge < -0.3 is 4.74 Å². The van der Waals surface area contributed by atoms with Gasteiger partial charge in [-0.15, -0.1) is 11.3 Å². The molecule has 2 rings (SSSR count). The summed E-state index contributed by atoms with van der Waals surface area (Å²) >= 11 is 7.48. The van der Waals surface area contributed by atoms with Crippen molar-refractivity contribution in [1.29, 1.82) is 0 Å². The Bertz CT molecular complexity index is 655. The normalized spacial score (nSPS) is 10.5. The first-order valence-corrected chi connectivity index (χ1v) is 7.76. The van der Waals surface area contributed by atoms with Crippen LogP contribution in [0.25, 0.3) is 0 Å². The molecule has 1 heterocycles. The van der Waals surface area contributed by atoms with Crippen LogP contribution < -0.4 is 16.0 Å². The summed E-state index contributed by atoms with van der Waals surface area (Å²) in [6.07, 6.45) is 0.855. The minimum Gasteiger partial charge on any atom is -0.489 e. The molecular weight excluding hydrogens is 308 g/mol. The molecule has 0 radical (unpaired) electrons. The second-order valence-corrected chi connectivity index (χ2v) is 6.22. The Labute approximate surface area is 132 Å². The number of nitrogen functional groups attached to an aromatic ring is 1. The maximum atomic E-state index is 11.5. The van der Waals surface area contributed by atoms with Gasteiger partial charge in [-0.25, -0.2) is 5.84 Å². The molecule has 0 aliphatic heterocycles. The lowest BCUT2D eigenvalue weighted by Gasteiger charge is -2.08. The van der Waals surface area contributed by atoms with Crippen LogP contribution in [0.4, 0.5) is 0 Å². The van der Waals surface area contributed by atoms with E-state index in [0.29, 0.717) is 11.5 Å². The highest BCUT2D eigenvalue weighted by Crippen LogP contribution is 2.26. The van der Waals surface area contributed by atoms with Gasteiger partial charge in [0.1, 0.15) is 12.4 Å². The highest BCUT2D eigenvalue weighted by atomic mass is 35.5. The van der Waals surface area contributed by atoms with Crippen LogP contribution in [0.5, 0.6) is 5.75 Å². The molecule has 1 aromatic heterocycles. The zero-order valence-electron chi connectivity index (χ0n) is 11.9. The number of rotatable bonds is 5. The average Bonchev–Trinajstić information content (AvgIpc) is 2.86. The number of hydrogen-bond acceptors (Lipinski definition) is 4. The molecule has 3 N–H and O–H groups in total. The van der Waals surface area contributed by atoms with Crippen molar-refractivity contribution in [2.75, 3.05) is 0 Å². The molecule has 21 heavy (non-hydrogen) atoms. The van der Waals surface area contributed by atoms with E-state index in [-0.39, 0.29) is 5.91 Å². The third-order valence-corrected chi connectivity index (χ3v) is 4.63. The van der Waals surface area contributed by atoms with Crippen molar-refractivity contribution in [3.8, 4) is 5.75 Å². The predicted molar refractivity (Wildman–Crippen MR) is 85.9 cm³/mol. The van der Waals surface area contributed by atoms with E-state index in [2.05, 4.69) is 5.43 Å². The zero-order valence-corrected chi connectivity index (χ0v) is 13.5. The number of carbonyl (C=O) groups excluding carboxylic acids is 1. The van der Waals surface area contributed by atoms with Gasteiger partial charge in [-0.2, -0.15) is 0 Å². The quantitative estimate of drug-likeness (QED) is 0.503. The van der Waals surface area contributed by atoms with E-state index in [1.54, 1.807) is 6.07 Å². The fourth-order valence-corrected chi connectivity index (χ4v) is 3.10. The van der Waals surface area contributed by atoms with E-state index >= 15 is 0 Å². The molecule has 4 nitrogen and oxygen atoms in total. The van der Waals surface area contributed by atoms with Crippen molar-refractivity contribution in [2.24, 2.45) is 5.84 Å². The number of nitrogens with two attached hydrogens (primary N) is 1. The highest BCUT2D eigenvalue weighted by molar-refractivity contribution is 7.14. The first-order chi connectivity index (χ1) is 10.0. The maximum Gasteiger partial charge on any atom is 0.275 e. The topological polar surface area (TPSA) is 64.3 Å². The molecule has 2 aromatic rings. The summed E-state index contributed by atoms with van der Waals surface area (Å²) in [4.78, 5) is 13.1. The van der Waals surface area contributed by atoms with Gasteiger partial charge in [0.2, 0.25) is 0 Å². The molecule has 0 aliphatic carbocycles. The van der Waals surface area contributed by atoms with Crippen molar-refractivity contribution < 1.29 is 9.53 Å². The SMILES string of the molecule is CCc1cc(OCc2cc(C(=O)NN)sc2C)ccc1Cl. The van der Waals surface area contributed by atoms with Crippen LogP contribution in [-0.4, -0.2) is 5.91 Å². The van der Waals surface area contributed by atoms with E-state index in [9.17, 15) is 4.79 Å². The number of halogens is 1. The summed E-state index contributed by atoms with van der Waals surface area (Å²) in [7, 11) is 0. The Morgan fingerprint density at radius 3 is 2.81 bits per heavy atom. The van der Waals surface area contributed by atoms with E-state index in [1.165, 1.54) is 11.3 Å². The van der Waals surface area contributed by atoms with Gasteiger partial charge >= 0.3 is 0 Å². The molecule has 112 valence electrons. The summed E-state index contributed by atoms with van der Waals surface area (Å²) in [6.45, 7) is 4.41. The predicted octanol–water partition coefficient (Wildman–Crippen LogP) is 3.45. The lowest BCUT2D eigenvalue weighted by atomic mass is 10.1. The Morgan fingerprint density at radius 1 is 1.38 bits per heavy atom. The van der Waals surface area contributed by atoms with Gasteiger partial charge in [-0.05, 0) is 43.2 Å². The van der Waals surface area contributed by atoms with Gasteiger partial charge in [-0.1, -0.05) is 18.5 Å². The average molecular weight is 325 g/mol. The van der Waals surface area contributed by atoms with E-state index < -0.39 is 0 Å². The summed E-state index contributed by atoms with van der Waals surface area (Å²) in [5.41, 5.74) is 4.17. The number of hydrogen-bond donors (Lipinski definition) is 2. The maximum absolute atomic E-state index is 11.5. The lowest BCUT2D eigenvalue weighted by molar-refractivity contribution is 0.0957. The number of carbonyl (C=O) groups is 1. The van der Waals surface area contributed by atoms with Crippen molar-refractivity contribution >= 4 is 28.8 Å². The molecule has 0 saturated heterocycles. The van der Waals surface area contributed by atoms with Crippen molar-refractivity contribution in [1.82, 2.24) is 5.43 Å². The molecule has 0 aliphatic rings. The first kappa shape index (κ1) is 15.8. The minimum atomic E-state index is -0.283. The van der Waals surface area contributed by atoms with E-state index in [0.717, 1.165) is 33.2 Å². The third kappa shape index (κ3) is 3.75. The Kier molecular flexibility index (Phi) is 5.22. The van der Waals surface area contributed by atoms with Crippen LogP contribution in [-0.2, 0) is 13.0 Å². The molecule has 0 bridgehead atoms. The van der Waals surface area contributed by atoms with E-state index in [1.807, 2.05) is 32.0 Å². The third-order valence-electron chi connectivity index (χ3n) is 3.17. The van der Waals surface area contributed by atoms with Crippen molar-refractivity contribution in [3.63, 3.8) is 0 Å². The van der Waals surface area contributed by atoms with E-state index in [4.69, 9.17) is 22.2 Å². The Balaban J connectivity index is 2.09. The van der Waals surface area contributed by atoms with Crippen LogP contribution in [0.3, 0.4) is 0 Å². The molecule has 1 amide bonds. The van der Waals surface area contributed by atoms with Crippen LogP contribution in [0.15, 0.2) is 24.3 Å². The van der Waals surface area contributed by atoms with Crippen molar-refractivity contribution in [2.45, 2.75) is 26.9 Å². The number of aryl methyl sites for hydroxylation is 2. The summed E-state index contributed by atoms with van der Waals surface area (Å²) in [5, 5.41) is 0.749. The molecule has 0 fully saturated rings. The number of ether oxygens (including phenoxy) is 1. The Hall–Kier alpha value is -1.56. The molecule has 0 atom stereocenters. The molecule has 1 aromatic carbocycles. The summed E-state index contributed by atoms with van der Waals surface area (Å²) in [6, 6.07) is 7.43. The first-order valence-electron chi connectivity index (χ1n) is 6.56. The number of amides is 1. The van der Waals surface area contributed by atoms with Gasteiger partial charge in [0.05, 0.1) is 4.88 Å². The largest absolute Gasteiger partial charge is 0.489 e. The second-order valence-electron chi connectivity index (χ2n) is 4.56. The fraction of sp³-hybridized carbons (Fsp3) is 0.267. The molecule has 0 spiro atoms. The number of thiophene rings is 1. The smallest absolute Gasteiger partial charge is 0.275 e. The van der Waals surface area contributed by atoms with Gasteiger partial charge in [-0.3, -0.25) is 10.2 Å².